The van der Waals surface area contributed by atoms with E-state index in [0.717, 1.165) is 44.4 Å². The zero-order chi connectivity index (χ0) is 26.5. The molecule has 188 valence electrons. The van der Waals surface area contributed by atoms with Gasteiger partial charge in [0.15, 0.2) is 0 Å². The molecule has 0 amide bonds. The fourth-order valence-electron chi connectivity index (χ4n) is 5.99. The normalized spacial score (nSPS) is 11.5. The molecule has 0 aliphatic heterocycles. The first-order chi connectivity index (χ1) is 19.8. The maximum Gasteiger partial charge on any atom is 0.138 e. The highest BCUT2D eigenvalue weighted by Gasteiger charge is 2.23. The van der Waals surface area contributed by atoms with Crippen LogP contribution in [0.3, 0.4) is 0 Å². The molecule has 0 bridgehead atoms. The van der Waals surface area contributed by atoms with Crippen LogP contribution < -0.4 is 4.90 Å². The van der Waals surface area contributed by atoms with Gasteiger partial charge in [-0.2, -0.15) is 0 Å². The average molecular weight is 512 g/mol. The molecule has 7 aromatic carbocycles. The minimum Gasteiger partial charge on any atom is -0.456 e. The number of para-hydroxylation sites is 2. The first-order valence-corrected chi connectivity index (χ1v) is 13.6. The van der Waals surface area contributed by atoms with Crippen LogP contribution >= 0.6 is 0 Å². The summed E-state index contributed by atoms with van der Waals surface area (Å²) in [5, 5.41) is 7.05. The summed E-state index contributed by atoms with van der Waals surface area (Å²) in [4.78, 5) is 2.40. The topological polar surface area (TPSA) is 16.4 Å². The molecular weight excluding hydrogens is 486 g/mol. The first-order valence-electron chi connectivity index (χ1n) is 13.6. The van der Waals surface area contributed by atoms with Gasteiger partial charge in [-0.3, -0.25) is 0 Å². The predicted molar refractivity (Wildman–Crippen MR) is 169 cm³/mol. The summed E-state index contributed by atoms with van der Waals surface area (Å²) < 4.78 is 6.49. The number of rotatable bonds is 4. The van der Waals surface area contributed by atoms with Crippen molar-refractivity contribution in [2.24, 2.45) is 0 Å². The summed E-state index contributed by atoms with van der Waals surface area (Å²) in [6.07, 6.45) is 0. The van der Waals surface area contributed by atoms with Crippen LogP contribution in [0, 0.1) is 0 Å². The van der Waals surface area contributed by atoms with E-state index >= 15 is 0 Å². The number of fused-ring (bicyclic) bond motifs is 6. The van der Waals surface area contributed by atoms with E-state index in [0.29, 0.717) is 0 Å². The molecule has 0 aliphatic rings. The van der Waals surface area contributed by atoms with Gasteiger partial charge in [0.2, 0.25) is 0 Å². The van der Waals surface area contributed by atoms with Gasteiger partial charge < -0.3 is 9.32 Å². The SMILES string of the molecule is c1ccc(-c2ccc(N(c3ccccc3)c3c4c(ccc5ccccc54)cc4oc5ccccc5c34)cc2)cc1. The van der Waals surface area contributed by atoms with E-state index in [1.165, 1.54) is 27.3 Å². The number of anilines is 3. The third-order valence-corrected chi connectivity index (χ3v) is 7.81. The second kappa shape index (κ2) is 9.14. The molecule has 40 heavy (non-hydrogen) atoms. The third kappa shape index (κ3) is 3.58. The lowest BCUT2D eigenvalue weighted by Crippen LogP contribution is -2.11. The van der Waals surface area contributed by atoms with Crippen LogP contribution in [0.4, 0.5) is 17.1 Å². The van der Waals surface area contributed by atoms with Crippen molar-refractivity contribution in [3.05, 3.63) is 152 Å². The molecule has 1 aromatic heterocycles. The van der Waals surface area contributed by atoms with Gasteiger partial charge in [-0.25, -0.2) is 0 Å². The molecule has 0 saturated carbocycles. The zero-order valence-electron chi connectivity index (χ0n) is 21.8. The Bertz CT molecular complexity index is 2140. The summed E-state index contributed by atoms with van der Waals surface area (Å²) >= 11 is 0. The highest BCUT2D eigenvalue weighted by Crippen LogP contribution is 2.48. The van der Waals surface area contributed by atoms with Crippen molar-refractivity contribution in [3.8, 4) is 11.1 Å². The Morgan fingerprint density at radius 1 is 0.400 bits per heavy atom. The molecule has 1 heterocycles. The second-order valence-corrected chi connectivity index (χ2v) is 10.2. The molecule has 0 N–H and O–H groups in total. The van der Waals surface area contributed by atoms with Gasteiger partial charge in [0.05, 0.1) is 11.1 Å². The molecule has 0 radical (unpaired) electrons. The van der Waals surface area contributed by atoms with Crippen molar-refractivity contribution in [2.45, 2.75) is 0 Å². The highest BCUT2D eigenvalue weighted by atomic mass is 16.3. The highest BCUT2D eigenvalue weighted by molar-refractivity contribution is 6.27. The summed E-state index contributed by atoms with van der Waals surface area (Å²) in [5.74, 6) is 0. The van der Waals surface area contributed by atoms with E-state index in [9.17, 15) is 0 Å². The molecule has 0 aliphatic carbocycles. The second-order valence-electron chi connectivity index (χ2n) is 10.2. The summed E-state index contributed by atoms with van der Waals surface area (Å²) in [7, 11) is 0. The molecule has 0 atom stereocenters. The monoisotopic (exact) mass is 511 g/mol. The van der Waals surface area contributed by atoms with Crippen molar-refractivity contribution in [1.82, 2.24) is 0 Å². The van der Waals surface area contributed by atoms with Crippen LogP contribution in [-0.2, 0) is 0 Å². The average Bonchev–Trinajstić information content (AvgIpc) is 3.40. The summed E-state index contributed by atoms with van der Waals surface area (Å²) in [5.41, 5.74) is 7.51. The Hall–Kier alpha value is -5.34. The minimum atomic E-state index is 0.890. The Kier molecular flexibility index (Phi) is 5.17. The quantitative estimate of drug-likeness (QED) is 0.218. The number of hydrogen-bond donors (Lipinski definition) is 0. The van der Waals surface area contributed by atoms with Crippen LogP contribution in [-0.4, -0.2) is 0 Å². The van der Waals surface area contributed by atoms with E-state index in [4.69, 9.17) is 4.42 Å². The Morgan fingerprint density at radius 2 is 1.00 bits per heavy atom. The van der Waals surface area contributed by atoms with E-state index in [-0.39, 0.29) is 0 Å². The number of furan rings is 1. The van der Waals surface area contributed by atoms with Gasteiger partial charge in [-0.1, -0.05) is 115 Å². The zero-order valence-corrected chi connectivity index (χ0v) is 21.8. The fourth-order valence-corrected chi connectivity index (χ4v) is 5.99. The third-order valence-electron chi connectivity index (χ3n) is 7.81. The first kappa shape index (κ1) is 22.6. The smallest absolute Gasteiger partial charge is 0.138 e. The van der Waals surface area contributed by atoms with Crippen LogP contribution in [0.5, 0.6) is 0 Å². The van der Waals surface area contributed by atoms with Crippen molar-refractivity contribution in [1.29, 1.82) is 0 Å². The summed E-state index contributed by atoms with van der Waals surface area (Å²) in [6.45, 7) is 0. The number of nitrogens with zero attached hydrogens (tertiary/aromatic N) is 1. The molecule has 0 unspecified atom stereocenters. The van der Waals surface area contributed by atoms with Gasteiger partial charge in [0.25, 0.3) is 0 Å². The lowest BCUT2D eigenvalue weighted by molar-refractivity contribution is 0.669. The van der Waals surface area contributed by atoms with Gasteiger partial charge in [-0.05, 0) is 63.7 Å². The van der Waals surface area contributed by atoms with Gasteiger partial charge in [0, 0.05) is 22.1 Å². The van der Waals surface area contributed by atoms with Gasteiger partial charge in [0.1, 0.15) is 11.2 Å². The molecule has 8 aromatic rings. The van der Waals surface area contributed by atoms with Crippen molar-refractivity contribution < 1.29 is 4.42 Å². The largest absolute Gasteiger partial charge is 0.456 e. The lowest BCUT2D eigenvalue weighted by Gasteiger charge is -2.28. The Labute approximate surface area is 232 Å². The van der Waals surface area contributed by atoms with Crippen LogP contribution in [0.1, 0.15) is 0 Å². The predicted octanol–water partition coefficient (Wildman–Crippen LogP) is 11.0. The molecule has 0 saturated heterocycles. The van der Waals surface area contributed by atoms with Crippen molar-refractivity contribution >= 4 is 60.5 Å². The maximum atomic E-state index is 6.49. The molecule has 2 nitrogen and oxygen atoms in total. The van der Waals surface area contributed by atoms with Gasteiger partial charge in [-0.15, -0.1) is 0 Å². The lowest BCUT2D eigenvalue weighted by atomic mass is 9.96. The van der Waals surface area contributed by atoms with Crippen molar-refractivity contribution in [2.75, 3.05) is 4.90 Å². The Balaban J connectivity index is 1.51. The molecule has 0 fully saturated rings. The number of benzene rings is 7. The standard InChI is InChI=1S/C38H25NO/c1-3-11-26(12-4-1)27-21-23-31(24-22-27)39(30-14-5-2-6-15-30)38-36-29(20-19-28-13-7-8-16-32(28)36)25-35-37(38)33-17-9-10-18-34(33)40-35/h1-25H. The van der Waals surface area contributed by atoms with Crippen LogP contribution in [0.15, 0.2) is 156 Å². The van der Waals surface area contributed by atoms with E-state index in [2.05, 4.69) is 150 Å². The van der Waals surface area contributed by atoms with Crippen LogP contribution in [0.2, 0.25) is 0 Å². The van der Waals surface area contributed by atoms with E-state index in [1.807, 2.05) is 6.07 Å². The van der Waals surface area contributed by atoms with Crippen LogP contribution in [0.25, 0.3) is 54.6 Å². The van der Waals surface area contributed by atoms with Crippen molar-refractivity contribution in [3.63, 3.8) is 0 Å². The summed E-state index contributed by atoms with van der Waals surface area (Å²) in [6, 6.07) is 53.7. The molecular formula is C38H25NO. The van der Waals surface area contributed by atoms with Gasteiger partial charge >= 0.3 is 0 Å². The molecule has 2 heteroatoms. The van der Waals surface area contributed by atoms with E-state index < -0.39 is 0 Å². The fraction of sp³-hybridized carbons (Fsp3) is 0. The molecule has 0 spiro atoms. The Morgan fingerprint density at radius 3 is 1.80 bits per heavy atom. The number of hydrogen-bond acceptors (Lipinski definition) is 2. The maximum absolute atomic E-state index is 6.49. The molecule has 8 rings (SSSR count). The van der Waals surface area contributed by atoms with E-state index in [1.54, 1.807) is 0 Å². The minimum absolute atomic E-state index is 0.890.